The van der Waals surface area contributed by atoms with Gasteiger partial charge >= 0.3 is 11.9 Å². The smallest absolute Gasteiger partial charge is 0.306 e. The molecule has 0 radical (unpaired) electrons. The Kier molecular flexibility index (Phi) is 13.4. The Hall–Kier alpha value is -1.66. The van der Waals surface area contributed by atoms with E-state index >= 15 is 0 Å². The zero-order valence-corrected chi connectivity index (χ0v) is 19.7. The van der Waals surface area contributed by atoms with Crippen LogP contribution in [0.25, 0.3) is 0 Å². The summed E-state index contributed by atoms with van der Waals surface area (Å²) in [6, 6.07) is 0. The van der Waals surface area contributed by atoms with Crippen molar-refractivity contribution in [3.63, 3.8) is 0 Å². The highest BCUT2D eigenvalue weighted by Gasteiger charge is 2.42. The highest BCUT2D eigenvalue weighted by Crippen LogP contribution is 2.38. The number of esters is 2. The fourth-order valence-corrected chi connectivity index (χ4v) is 4.05. The van der Waals surface area contributed by atoms with E-state index in [2.05, 4.69) is 6.92 Å². The van der Waals surface area contributed by atoms with Gasteiger partial charge < -0.3 is 19.7 Å². The molecule has 178 valence electrons. The van der Waals surface area contributed by atoms with Crippen LogP contribution in [0.1, 0.15) is 85.5 Å². The van der Waals surface area contributed by atoms with Crippen molar-refractivity contribution in [3.8, 4) is 0 Å². The van der Waals surface area contributed by atoms with Gasteiger partial charge in [0.25, 0.3) is 0 Å². The van der Waals surface area contributed by atoms with Gasteiger partial charge in [0.2, 0.25) is 0 Å². The van der Waals surface area contributed by atoms with Crippen molar-refractivity contribution < 1.29 is 29.3 Å². The Morgan fingerprint density at radius 1 is 1.16 bits per heavy atom. The van der Waals surface area contributed by atoms with Crippen molar-refractivity contribution in [2.24, 2.45) is 11.8 Å². The summed E-state index contributed by atoms with van der Waals surface area (Å²) in [4.78, 5) is 23.1. The molecule has 2 N–H and O–H groups in total. The number of ether oxygens (including phenoxy) is 2. The predicted octanol–water partition coefficient (Wildman–Crippen LogP) is 4.48. The van der Waals surface area contributed by atoms with Gasteiger partial charge in [0, 0.05) is 31.6 Å². The third kappa shape index (κ3) is 11.5. The first-order valence-corrected chi connectivity index (χ1v) is 11.8. The quantitative estimate of drug-likeness (QED) is 0.236. The van der Waals surface area contributed by atoms with Crippen molar-refractivity contribution in [1.82, 2.24) is 0 Å². The fraction of sp³-hybridized carbons (Fsp3) is 0.760. The number of aliphatic hydroxyl groups is 2. The van der Waals surface area contributed by atoms with Crippen LogP contribution < -0.4 is 0 Å². The lowest BCUT2D eigenvalue weighted by Crippen LogP contribution is -2.24. The Morgan fingerprint density at radius 2 is 1.90 bits per heavy atom. The Bertz CT molecular complexity index is 583. The molecule has 0 aliphatic heterocycles. The molecule has 0 bridgehead atoms. The molecule has 5 atom stereocenters. The number of aliphatic hydroxyl groups excluding tert-OH is 2. The van der Waals surface area contributed by atoms with Crippen molar-refractivity contribution in [3.05, 3.63) is 24.3 Å². The van der Waals surface area contributed by atoms with E-state index in [1.807, 2.05) is 32.1 Å². The predicted molar refractivity (Wildman–Crippen MR) is 121 cm³/mol. The van der Waals surface area contributed by atoms with E-state index in [4.69, 9.17) is 9.47 Å². The molecular weight excluding hydrogens is 396 g/mol. The van der Waals surface area contributed by atoms with Gasteiger partial charge in [-0.3, -0.25) is 9.59 Å². The van der Waals surface area contributed by atoms with Crippen molar-refractivity contribution in [2.75, 3.05) is 0 Å². The Balaban J connectivity index is 2.61. The van der Waals surface area contributed by atoms with Gasteiger partial charge in [-0.25, -0.2) is 0 Å². The summed E-state index contributed by atoms with van der Waals surface area (Å²) in [5.74, 6) is -0.741. The summed E-state index contributed by atoms with van der Waals surface area (Å²) in [6.07, 6.45) is 13.0. The van der Waals surface area contributed by atoms with Gasteiger partial charge in [-0.1, -0.05) is 50.5 Å². The van der Waals surface area contributed by atoms with Crippen LogP contribution in [0.3, 0.4) is 0 Å². The van der Waals surface area contributed by atoms with E-state index in [0.717, 1.165) is 32.1 Å². The number of unbranched alkanes of at least 4 members (excludes halogenated alkanes) is 3. The standard InChI is InChI=1S/C25H42O6/c1-5-6-9-12-20(27)15-16-21-22(24(17-23(21)28)31-19(4)26)13-10-7-8-11-14-25(29)30-18(2)3/h7,10,15-16,18,20-24,27-28H,5-6,8-9,11-14,17H2,1-4H3/b10-7-,16-15+/t20-,21+,22+,23+,24-/m0/s1. The molecule has 0 aromatic heterocycles. The largest absolute Gasteiger partial charge is 0.463 e. The van der Waals surface area contributed by atoms with Crippen LogP contribution in [0.2, 0.25) is 0 Å². The van der Waals surface area contributed by atoms with Gasteiger partial charge in [0.15, 0.2) is 0 Å². The molecule has 1 saturated carbocycles. The van der Waals surface area contributed by atoms with Crippen LogP contribution in [0.15, 0.2) is 24.3 Å². The molecule has 1 aliphatic carbocycles. The molecule has 1 rings (SSSR count). The first kappa shape index (κ1) is 27.4. The van der Waals surface area contributed by atoms with E-state index in [-0.39, 0.29) is 36.0 Å². The minimum atomic E-state index is -0.604. The monoisotopic (exact) mass is 438 g/mol. The summed E-state index contributed by atoms with van der Waals surface area (Å²) < 4.78 is 10.6. The normalized spacial score (nSPS) is 24.9. The van der Waals surface area contributed by atoms with Crippen LogP contribution in [-0.2, 0) is 19.1 Å². The molecule has 6 nitrogen and oxygen atoms in total. The van der Waals surface area contributed by atoms with Gasteiger partial charge in [-0.15, -0.1) is 0 Å². The molecule has 0 unspecified atom stereocenters. The van der Waals surface area contributed by atoms with Crippen LogP contribution in [0, 0.1) is 11.8 Å². The van der Waals surface area contributed by atoms with Gasteiger partial charge in [-0.05, 0) is 39.5 Å². The molecule has 1 aliphatic rings. The molecule has 0 aromatic rings. The molecule has 0 saturated heterocycles. The third-order valence-corrected chi connectivity index (χ3v) is 5.56. The Morgan fingerprint density at radius 3 is 2.55 bits per heavy atom. The second kappa shape index (κ2) is 15.2. The number of hydrogen-bond acceptors (Lipinski definition) is 6. The summed E-state index contributed by atoms with van der Waals surface area (Å²) in [7, 11) is 0. The molecule has 0 amide bonds. The minimum absolute atomic E-state index is 0.0415. The van der Waals surface area contributed by atoms with E-state index in [0.29, 0.717) is 25.7 Å². The van der Waals surface area contributed by atoms with Crippen molar-refractivity contribution in [1.29, 1.82) is 0 Å². The summed E-state index contributed by atoms with van der Waals surface area (Å²) in [5.41, 5.74) is 0. The van der Waals surface area contributed by atoms with Gasteiger partial charge in [0.1, 0.15) is 6.10 Å². The molecule has 6 heteroatoms. The van der Waals surface area contributed by atoms with E-state index < -0.39 is 12.2 Å². The summed E-state index contributed by atoms with van der Waals surface area (Å²) in [6.45, 7) is 7.18. The molecule has 0 spiro atoms. The van der Waals surface area contributed by atoms with Crippen LogP contribution in [0.5, 0.6) is 0 Å². The third-order valence-electron chi connectivity index (χ3n) is 5.56. The molecular formula is C25H42O6. The van der Waals surface area contributed by atoms with Crippen LogP contribution in [-0.4, -0.2) is 46.6 Å². The van der Waals surface area contributed by atoms with E-state index in [1.54, 1.807) is 6.08 Å². The number of carbonyl (C=O) groups excluding carboxylic acids is 2. The number of allylic oxidation sites excluding steroid dienone is 2. The zero-order chi connectivity index (χ0) is 23.2. The molecule has 0 aromatic carbocycles. The number of hydrogen-bond donors (Lipinski definition) is 2. The van der Waals surface area contributed by atoms with Crippen molar-refractivity contribution >= 4 is 11.9 Å². The second-order valence-corrected chi connectivity index (χ2v) is 8.78. The van der Waals surface area contributed by atoms with E-state index in [9.17, 15) is 19.8 Å². The number of rotatable bonds is 14. The second-order valence-electron chi connectivity index (χ2n) is 8.78. The SMILES string of the molecule is CCCCC[C@H](O)/C=C/[C@@H]1[C@@H](C/C=C\CCCC(=O)OC(C)C)[C@@H](OC(C)=O)C[C@H]1O. The maximum atomic E-state index is 11.6. The highest BCUT2D eigenvalue weighted by molar-refractivity contribution is 5.69. The average Bonchev–Trinajstić information content (AvgIpc) is 2.96. The first-order valence-electron chi connectivity index (χ1n) is 11.8. The first-order chi connectivity index (χ1) is 14.7. The van der Waals surface area contributed by atoms with Crippen molar-refractivity contribution in [2.45, 2.75) is 110 Å². The van der Waals surface area contributed by atoms with Gasteiger partial charge in [-0.2, -0.15) is 0 Å². The molecule has 0 heterocycles. The lowest BCUT2D eigenvalue weighted by atomic mass is 9.89. The highest BCUT2D eigenvalue weighted by atomic mass is 16.5. The molecule has 31 heavy (non-hydrogen) atoms. The average molecular weight is 439 g/mol. The zero-order valence-electron chi connectivity index (χ0n) is 19.7. The summed E-state index contributed by atoms with van der Waals surface area (Å²) >= 11 is 0. The number of carbonyl (C=O) groups is 2. The van der Waals surface area contributed by atoms with E-state index in [1.165, 1.54) is 6.92 Å². The molecule has 1 fully saturated rings. The van der Waals surface area contributed by atoms with Crippen LogP contribution >= 0.6 is 0 Å². The topological polar surface area (TPSA) is 93.1 Å². The maximum Gasteiger partial charge on any atom is 0.306 e. The lowest BCUT2D eigenvalue weighted by Gasteiger charge is -2.22. The minimum Gasteiger partial charge on any atom is -0.463 e. The van der Waals surface area contributed by atoms with Crippen LogP contribution in [0.4, 0.5) is 0 Å². The van der Waals surface area contributed by atoms with Gasteiger partial charge in [0.05, 0.1) is 18.3 Å². The maximum absolute atomic E-state index is 11.6. The lowest BCUT2D eigenvalue weighted by molar-refractivity contribution is -0.148. The fourth-order valence-electron chi connectivity index (χ4n) is 4.05. The summed E-state index contributed by atoms with van der Waals surface area (Å²) in [5, 5.41) is 20.7. The Labute approximate surface area is 187 Å².